The van der Waals surface area contributed by atoms with Gasteiger partial charge in [-0.1, -0.05) is 53.0 Å². The molecule has 0 aliphatic rings. The van der Waals surface area contributed by atoms with Crippen LogP contribution in [0.4, 0.5) is 0 Å². The van der Waals surface area contributed by atoms with Gasteiger partial charge < -0.3 is 4.42 Å². The molecule has 3 rings (SSSR count). The molecule has 0 aliphatic carbocycles. The van der Waals surface area contributed by atoms with Gasteiger partial charge in [0.05, 0.1) is 11.8 Å². The Morgan fingerprint density at radius 1 is 0.950 bits per heavy atom. The lowest BCUT2D eigenvalue weighted by molar-refractivity contribution is 0.577. The van der Waals surface area contributed by atoms with Crippen molar-refractivity contribution < 1.29 is 4.42 Å². The van der Waals surface area contributed by atoms with Gasteiger partial charge in [-0.05, 0) is 24.6 Å². The van der Waals surface area contributed by atoms with Crippen LogP contribution in [0.5, 0.6) is 0 Å². The van der Waals surface area contributed by atoms with Gasteiger partial charge in [0.15, 0.2) is 11.6 Å². The number of rotatable bonds is 2. The molecule has 0 saturated heterocycles. The lowest BCUT2D eigenvalue weighted by Gasteiger charge is -2.07. The average Bonchev–Trinajstić information content (AvgIpc) is 2.94. The second-order valence-electron chi connectivity index (χ2n) is 4.35. The van der Waals surface area contributed by atoms with E-state index in [0.717, 1.165) is 11.1 Å². The van der Waals surface area contributed by atoms with Crippen molar-refractivity contribution in [1.29, 1.82) is 0 Å². The molecular formula is C15H10Cl2N2O. The van der Waals surface area contributed by atoms with Crippen LogP contribution in [0.3, 0.4) is 0 Å². The topological polar surface area (TPSA) is 38.9 Å². The van der Waals surface area contributed by atoms with Crippen molar-refractivity contribution in [2.75, 3.05) is 0 Å². The zero-order valence-corrected chi connectivity index (χ0v) is 12.1. The molecule has 0 amide bonds. The summed E-state index contributed by atoms with van der Waals surface area (Å²) in [4.78, 5) is 8.50. The molecule has 0 fully saturated rings. The number of benzene rings is 1. The van der Waals surface area contributed by atoms with E-state index >= 15 is 0 Å². The summed E-state index contributed by atoms with van der Waals surface area (Å²) >= 11 is 12.5. The van der Waals surface area contributed by atoms with Crippen molar-refractivity contribution in [3.05, 3.63) is 58.5 Å². The Morgan fingerprint density at radius 2 is 1.60 bits per heavy atom. The van der Waals surface area contributed by atoms with Crippen LogP contribution in [-0.4, -0.2) is 9.97 Å². The second-order valence-corrected chi connectivity index (χ2v) is 5.06. The summed E-state index contributed by atoms with van der Waals surface area (Å²) in [6.45, 7) is 2.02. The summed E-state index contributed by atoms with van der Waals surface area (Å²) in [7, 11) is 0. The van der Waals surface area contributed by atoms with Crippen LogP contribution in [-0.2, 0) is 0 Å². The molecule has 20 heavy (non-hydrogen) atoms. The van der Waals surface area contributed by atoms with Crippen LogP contribution in [0.25, 0.3) is 22.7 Å². The maximum Gasteiger partial charge on any atom is 0.198 e. The first-order valence-electron chi connectivity index (χ1n) is 5.99. The van der Waals surface area contributed by atoms with E-state index in [9.17, 15) is 0 Å². The molecular weight excluding hydrogens is 295 g/mol. The molecule has 100 valence electrons. The predicted octanol–water partition coefficient (Wildman–Crippen LogP) is 5.02. The third kappa shape index (κ3) is 2.42. The normalized spacial score (nSPS) is 10.8. The van der Waals surface area contributed by atoms with Gasteiger partial charge in [-0.15, -0.1) is 0 Å². The molecule has 3 nitrogen and oxygen atoms in total. The van der Waals surface area contributed by atoms with Gasteiger partial charge in [0.2, 0.25) is 0 Å². The minimum Gasteiger partial charge on any atom is -0.461 e. The van der Waals surface area contributed by atoms with E-state index in [1.165, 1.54) is 0 Å². The molecule has 0 radical (unpaired) electrons. The Labute approximate surface area is 126 Å². The molecule has 0 atom stereocenters. The van der Waals surface area contributed by atoms with E-state index in [2.05, 4.69) is 9.97 Å². The Kier molecular flexibility index (Phi) is 3.47. The highest BCUT2D eigenvalue weighted by Crippen LogP contribution is 2.34. The number of halogens is 2. The van der Waals surface area contributed by atoms with Crippen molar-refractivity contribution in [1.82, 2.24) is 9.97 Å². The SMILES string of the molecule is Cc1ccc(-c2c(Cl)nc(-c3ccco3)nc2Cl)cc1. The number of furan rings is 1. The van der Waals surface area contributed by atoms with Gasteiger partial charge in [-0.3, -0.25) is 0 Å². The standard InChI is InChI=1S/C15H10Cl2N2O/c1-9-4-6-10(7-5-9)12-13(16)18-15(19-14(12)17)11-3-2-8-20-11/h2-8H,1H3. The Balaban J connectivity index is 2.11. The minimum absolute atomic E-state index is 0.306. The molecule has 0 aliphatic heterocycles. The van der Waals surface area contributed by atoms with E-state index in [1.54, 1.807) is 18.4 Å². The van der Waals surface area contributed by atoms with Crippen LogP contribution in [0.15, 0.2) is 47.1 Å². The monoisotopic (exact) mass is 304 g/mol. The molecule has 0 saturated carbocycles. The second kappa shape index (κ2) is 5.27. The molecule has 2 heterocycles. The van der Waals surface area contributed by atoms with E-state index in [0.29, 0.717) is 27.5 Å². The van der Waals surface area contributed by atoms with E-state index in [4.69, 9.17) is 27.6 Å². The van der Waals surface area contributed by atoms with Gasteiger partial charge in [-0.2, -0.15) is 0 Å². The Bertz CT molecular complexity index is 714. The summed E-state index contributed by atoms with van der Waals surface area (Å²) in [6, 6.07) is 11.4. The van der Waals surface area contributed by atoms with Crippen LogP contribution in [0, 0.1) is 6.92 Å². The number of hydrogen-bond donors (Lipinski definition) is 0. The number of nitrogens with zero attached hydrogens (tertiary/aromatic N) is 2. The molecule has 1 aromatic carbocycles. The fourth-order valence-electron chi connectivity index (χ4n) is 1.88. The third-order valence-corrected chi connectivity index (χ3v) is 3.45. The molecule has 2 aromatic heterocycles. The summed E-state index contributed by atoms with van der Waals surface area (Å²) in [5.74, 6) is 0.908. The molecule has 0 bridgehead atoms. The number of aromatic nitrogens is 2. The van der Waals surface area contributed by atoms with Crippen molar-refractivity contribution in [2.24, 2.45) is 0 Å². The first kappa shape index (κ1) is 13.2. The molecule has 3 aromatic rings. The smallest absolute Gasteiger partial charge is 0.198 e. The van der Waals surface area contributed by atoms with Crippen LogP contribution < -0.4 is 0 Å². The van der Waals surface area contributed by atoms with Crippen LogP contribution in [0.1, 0.15) is 5.56 Å². The van der Waals surface area contributed by atoms with Crippen molar-refractivity contribution in [3.8, 4) is 22.7 Å². The minimum atomic E-state index is 0.306. The molecule has 0 spiro atoms. The summed E-state index contributed by atoms with van der Waals surface area (Å²) in [5, 5.41) is 0.612. The highest BCUT2D eigenvalue weighted by molar-refractivity contribution is 6.37. The summed E-state index contributed by atoms with van der Waals surface area (Å²) in [5.41, 5.74) is 2.68. The van der Waals surface area contributed by atoms with Crippen molar-refractivity contribution in [3.63, 3.8) is 0 Å². The number of hydrogen-bond acceptors (Lipinski definition) is 3. The van der Waals surface area contributed by atoms with Crippen molar-refractivity contribution in [2.45, 2.75) is 6.92 Å². The average molecular weight is 305 g/mol. The van der Waals surface area contributed by atoms with Gasteiger partial charge in [0, 0.05) is 0 Å². The first-order valence-corrected chi connectivity index (χ1v) is 6.74. The maximum absolute atomic E-state index is 6.25. The van der Waals surface area contributed by atoms with Gasteiger partial charge in [0.1, 0.15) is 10.3 Å². The van der Waals surface area contributed by atoms with E-state index in [1.807, 2.05) is 31.2 Å². The number of aryl methyl sites for hydroxylation is 1. The lowest BCUT2D eigenvalue weighted by Crippen LogP contribution is -1.94. The molecule has 5 heteroatoms. The van der Waals surface area contributed by atoms with Gasteiger partial charge >= 0.3 is 0 Å². The highest BCUT2D eigenvalue weighted by Gasteiger charge is 2.15. The van der Waals surface area contributed by atoms with E-state index < -0.39 is 0 Å². The fraction of sp³-hybridized carbons (Fsp3) is 0.0667. The Morgan fingerprint density at radius 3 is 2.15 bits per heavy atom. The molecule has 0 unspecified atom stereocenters. The van der Waals surface area contributed by atoms with Gasteiger partial charge in [-0.25, -0.2) is 9.97 Å². The fourth-order valence-corrected chi connectivity index (χ4v) is 2.49. The lowest BCUT2D eigenvalue weighted by atomic mass is 10.1. The van der Waals surface area contributed by atoms with Gasteiger partial charge in [0.25, 0.3) is 0 Å². The maximum atomic E-state index is 6.25. The third-order valence-electron chi connectivity index (χ3n) is 2.90. The zero-order chi connectivity index (χ0) is 14.1. The summed E-state index contributed by atoms with van der Waals surface area (Å²) in [6.07, 6.45) is 1.55. The largest absolute Gasteiger partial charge is 0.461 e. The van der Waals surface area contributed by atoms with Crippen molar-refractivity contribution >= 4 is 23.2 Å². The quantitative estimate of drug-likeness (QED) is 0.624. The highest BCUT2D eigenvalue weighted by atomic mass is 35.5. The zero-order valence-electron chi connectivity index (χ0n) is 10.6. The van der Waals surface area contributed by atoms with E-state index in [-0.39, 0.29) is 0 Å². The molecule has 0 N–H and O–H groups in total. The van der Waals surface area contributed by atoms with Crippen LogP contribution in [0.2, 0.25) is 10.3 Å². The van der Waals surface area contributed by atoms with Crippen LogP contribution >= 0.6 is 23.2 Å². The predicted molar refractivity (Wildman–Crippen MR) is 79.9 cm³/mol. The Hall–Kier alpha value is -1.84. The summed E-state index contributed by atoms with van der Waals surface area (Å²) < 4.78 is 5.25. The first-order chi connectivity index (χ1) is 9.65.